The van der Waals surface area contributed by atoms with Gasteiger partial charge in [-0.25, -0.2) is 4.79 Å². The van der Waals surface area contributed by atoms with Gasteiger partial charge in [0.15, 0.2) is 0 Å². The van der Waals surface area contributed by atoms with E-state index in [1.165, 1.54) is 0 Å². The molecule has 0 radical (unpaired) electrons. The van der Waals surface area contributed by atoms with Crippen LogP contribution in [0.1, 0.15) is 19.8 Å². The van der Waals surface area contributed by atoms with Crippen LogP contribution in [0.2, 0.25) is 0 Å². The highest BCUT2D eigenvalue weighted by Crippen LogP contribution is 2.22. The Bertz CT molecular complexity index is 384. The third-order valence-corrected chi connectivity index (χ3v) is 4.18. The molecule has 0 aromatic carbocycles. The van der Waals surface area contributed by atoms with Crippen molar-refractivity contribution in [2.24, 2.45) is 5.92 Å². The summed E-state index contributed by atoms with van der Waals surface area (Å²) in [6, 6.07) is -0.554. The maximum absolute atomic E-state index is 12.6. The van der Waals surface area contributed by atoms with E-state index in [0.717, 1.165) is 19.4 Å². The van der Waals surface area contributed by atoms with Crippen LogP contribution in [0.4, 0.5) is 4.79 Å². The quantitative estimate of drug-likeness (QED) is 0.806. The molecule has 0 spiro atoms. The summed E-state index contributed by atoms with van der Waals surface area (Å²) in [6.45, 7) is 4.06. The topological polar surface area (TPSA) is 79.3 Å². The molecule has 2 rings (SSSR count). The molecule has 120 valence electrons. The molecule has 2 fully saturated rings. The van der Waals surface area contributed by atoms with Crippen LogP contribution in [0.5, 0.6) is 0 Å². The fourth-order valence-electron chi connectivity index (χ4n) is 2.99. The molecule has 2 aliphatic rings. The van der Waals surface area contributed by atoms with Gasteiger partial charge in [0.1, 0.15) is 5.92 Å². The smallest absolute Gasteiger partial charge is 0.320 e. The van der Waals surface area contributed by atoms with Crippen LogP contribution in [-0.2, 0) is 14.3 Å². The fourth-order valence-corrected chi connectivity index (χ4v) is 2.99. The summed E-state index contributed by atoms with van der Waals surface area (Å²) in [6.07, 6.45) is 2.09. The van der Waals surface area contributed by atoms with E-state index in [4.69, 9.17) is 9.47 Å². The zero-order valence-electron chi connectivity index (χ0n) is 12.7. The summed E-state index contributed by atoms with van der Waals surface area (Å²) in [5, 5.41) is 9.23. The van der Waals surface area contributed by atoms with E-state index in [2.05, 4.69) is 0 Å². The van der Waals surface area contributed by atoms with Gasteiger partial charge in [-0.2, -0.15) is 0 Å². The van der Waals surface area contributed by atoms with Crippen LogP contribution in [0.25, 0.3) is 0 Å². The molecule has 7 heteroatoms. The van der Waals surface area contributed by atoms with Crippen LogP contribution in [-0.4, -0.2) is 79.0 Å². The fraction of sp³-hybridized carbons (Fsp3) is 0.857. The Hall–Kier alpha value is -1.34. The van der Waals surface area contributed by atoms with Crippen LogP contribution < -0.4 is 0 Å². The summed E-state index contributed by atoms with van der Waals surface area (Å²) in [4.78, 5) is 27.0. The maximum Gasteiger partial charge on any atom is 0.320 e. The number of carboxylic acid groups (broad SMARTS) is 1. The maximum atomic E-state index is 12.6. The number of urea groups is 1. The molecule has 2 saturated heterocycles. The molecule has 1 N–H and O–H groups in total. The molecule has 21 heavy (non-hydrogen) atoms. The van der Waals surface area contributed by atoms with E-state index in [-0.39, 0.29) is 25.3 Å². The number of carboxylic acids is 1. The lowest BCUT2D eigenvalue weighted by Crippen LogP contribution is -2.52. The number of rotatable bonds is 5. The van der Waals surface area contributed by atoms with E-state index >= 15 is 0 Å². The molecule has 0 bridgehead atoms. The molecule has 7 nitrogen and oxygen atoms in total. The minimum atomic E-state index is -0.912. The Balaban J connectivity index is 1.98. The second kappa shape index (κ2) is 7.09. The largest absolute Gasteiger partial charge is 0.481 e. The molecule has 2 heterocycles. The monoisotopic (exact) mass is 300 g/mol. The number of aliphatic carboxylic acids is 1. The number of hydrogen-bond acceptors (Lipinski definition) is 4. The second-order valence-corrected chi connectivity index (χ2v) is 5.63. The first-order chi connectivity index (χ1) is 10.0. The van der Waals surface area contributed by atoms with Crippen LogP contribution in [0.3, 0.4) is 0 Å². The number of ether oxygens (including phenoxy) is 2. The van der Waals surface area contributed by atoms with Crippen molar-refractivity contribution in [2.75, 3.05) is 40.0 Å². The van der Waals surface area contributed by atoms with E-state index < -0.39 is 17.9 Å². The first-order valence-corrected chi connectivity index (χ1v) is 7.48. The van der Waals surface area contributed by atoms with Gasteiger partial charge < -0.3 is 24.4 Å². The Labute approximate surface area is 124 Å². The van der Waals surface area contributed by atoms with Crippen molar-refractivity contribution in [3.05, 3.63) is 0 Å². The summed E-state index contributed by atoms with van der Waals surface area (Å²) < 4.78 is 10.8. The zero-order chi connectivity index (χ0) is 15.4. The average molecular weight is 300 g/mol. The number of nitrogens with zero attached hydrogens (tertiary/aromatic N) is 2. The van der Waals surface area contributed by atoms with Crippen molar-refractivity contribution in [3.63, 3.8) is 0 Å². The van der Waals surface area contributed by atoms with E-state index in [1.54, 1.807) is 16.8 Å². The zero-order valence-corrected chi connectivity index (χ0v) is 12.7. The highest BCUT2D eigenvalue weighted by Gasteiger charge is 2.40. The lowest BCUT2D eigenvalue weighted by molar-refractivity contribution is -0.142. The molecule has 2 aliphatic heterocycles. The summed E-state index contributed by atoms with van der Waals surface area (Å²) in [7, 11) is 1.73. The van der Waals surface area contributed by atoms with Gasteiger partial charge in [-0.05, 0) is 19.8 Å². The SMILES string of the molecule is CCN(C(=O)N(C)CC1CCCO1)C1COCC1C(=O)O. The van der Waals surface area contributed by atoms with Gasteiger partial charge >= 0.3 is 12.0 Å². The molecule has 0 aromatic heterocycles. The standard InChI is InChI=1S/C14H24N2O5/c1-3-16(12-9-20-8-11(12)13(17)18)14(19)15(2)7-10-5-4-6-21-10/h10-12H,3-9H2,1-2H3,(H,17,18). The van der Waals surface area contributed by atoms with Gasteiger partial charge in [0, 0.05) is 26.7 Å². The minimum absolute atomic E-state index is 0.0905. The number of carbonyl (C=O) groups excluding carboxylic acids is 1. The normalized spacial score (nSPS) is 28.6. The lowest BCUT2D eigenvalue weighted by atomic mass is 10.0. The Morgan fingerprint density at radius 3 is 2.67 bits per heavy atom. The number of amides is 2. The van der Waals surface area contributed by atoms with Gasteiger partial charge in [-0.3, -0.25) is 4.79 Å². The third kappa shape index (κ3) is 3.65. The van der Waals surface area contributed by atoms with E-state index in [0.29, 0.717) is 13.1 Å². The Morgan fingerprint density at radius 2 is 2.10 bits per heavy atom. The van der Waals surface area contributed by atoms with Crippen molar-refractivity contribution < 1.29 is 24.2 Å². The van der Waals surface area contributed by atoms with Crippen LogP contribution in [0, 0.1) is 5.92 Å². The highest BCUT2D eigenvalue weighted by molar-refractivity contribution is 5.77. The number of carbonyl (C=O) groups is 2. The van der Waals surface area contributed by atoms with Crippen LogP contribution >= 0.6 is 0 Å². The average Bonchev–Trinajstić information content (AvgIpc) is 3.10. The van der Waals surface area contributed by atoms with Crippen molar-refractivity contribution in [1.29, 1.82) is 0 Å². The molecule has 0 aromatic rings. The van der Waals surface area contributed by atoms with Crippen LogP contribution in [0.15, 0.2) is 0 Å². The molecule has 0 aliphatic carbocycles. The third-order valence-electron chi connectivity index (χ3n) is 4.18. The molecule has 0 saturated carbocycles. The van der Waals surface area contributed by atoms with Crippen molar-refractivity contribution in [1.82, 2.24) is 9.80 Å². The predicted octanol–water partition coefficient (Wildman–Crippen LogP) is 0.639. The van der Waals surface area contributed by atoms with Crippen molar-refractivity contribution in [3.8, 4) is 0 Å². The molecular weight excluding hydrogens is 276 g/mol. The first-order valence-electron chi connectivity index (χ1n) is 7.48. The summed E-state index contributed by atoms with van der Waals surface area (Å²) >= 11 is 0. The Morgan fingerprint density at radius 1 is 1.33 bits per heavy atom. The van der Waals surface area contributed by atoms with Crippen molar-refractivity contribution >= 4 is 12.0 Å². The Kier molecular flexibility index (Phi) is 5.41. The minimum Gasteiger partial charge on any atom is -0.481 e. The van der Waals surface area contributed by atoms with Gasteiger partial charge in [0.25, 0.3) is 0 Å². The van der Waals surface area contributed by atoms with Gasteiger partial charge in [0.2, 0.25) is 0 Å². The molecular formula is C14H24N2O5. The number of hydrogen-bond donors (Lipinski definition) is 1. The molecule has 2 amide bonds. The predicted molar refractivity (Wildman–Crippen MR) is 75.1 cm³/mol. The van der Waals surface area contributed by atoms with Crippen molar-refractivity contribution in [2.45, 2.75) is 31.9 Å². The second-order valence-electron chi connectivity index (χ2n) is 5.63. The van der Waals surface area contributed by atoms with Gasteiger partial charge in [0.05, 0.1) is 25.4 Å². The molecule has 3 atom stereocenters. The summed E-state index contributed by atoms with van der Waals surface area (Å²) in [5.74, 6) is -1.56. The van der Waals surface area contributed by atoms with E-state index in [9.17, 15) is 14.7 Å². The first kappa shape index (κ1) is 16.0. The number of likely N-dealkylation sites (N-methyl/N-ethyl adjacent to an activating group) is 2. The van der Waals surface area contributed by atoms with E-state index in [1.807, 2.05) is 6.92 Å². The van der Waals surface area contributed by atoms with Gasteiger partial charge in [-0.15, -0.1) is 0 Å². The summed E-state index contributed by atoms with van der Waals surface area (Å²) in [5.41, 5.74) is 0. The molecule has 3 unspecified atom stereocenters. The highest BCUT2D eigenvalue weighted by atomic mass is 16.5. The lowest BCUT2D eigenvalue weighted by Gasteiger charge is -2.33. The van der Waals surface area contributed by atoms with Gasteiger partial charge in [-0.1, -0.05) is 0 Å².